The van der Waals surface area contributed by atoms with E-state index in [0.29, 0.717) is 13.2 Å². The topological polar surface area (TPSA) is 47.6 Å². The number of hydrogen-bond donors (Lipinski definition) is 1. The van der Waals surface area contributed by atoms with E-state index < -0.39 is 7.60 Å². The first-order chi connectivity index (χ1) is 8.73. The van der Waals surface area contributed by atoms with Crippen LogP contribution in [0.3, 0.4) is 0 Å². The maximum Gasteiger partial charge on any atom is 0.348 e. The Balaban J connectivity index is 3.13. The quantitative estimate of drug-likeness (QED) is 0.594. The Labute approximate surface area is 117 Å². The van der Waals surface area contributed by atoms with Crippen LogP contribution in [0.2, 0.25) is 0 Å². The van der Waals surface area contributed by atoms with Crippen LogP contribution >= 0.6 is 7.60 Å². The van der Waals surface area contributed by atoms with Crippen LogP contribution in [0.4, 0.5) is 0 Å². The van der Waals surface area contributed by atoms with Gasteiger partial charge in [-0.1, -0.05) is 32.9 Å². The summed E-state index contributed by atoms with van der Waals surface area (Å²) in [5.74, 6) is -0.324. The Morgan fingerprint density at radius 3 is 2.05 bits per heavy atom. The Morgan fingerprint density at radius 1 is 1.11 bits per heavy atom. The Kier molecular flexibility index (Phi) is 5.42. The Morgan fingerprint density at radius 2 is 1.63 bits per heavy atom. The fourth-order valence-corrected chi connectivity index (χ4v) is 4.74. The average molecular weight is 289 g/mol. The SMILES string of the molecule is CCOP(=O)(OCC)C1NC(C)(CC)C=CC1(C)C. The van der Waals surface area contributed by atoms with Gasteiger partial charge in [0.15, 0.2) is 0 Å². The van der Waals surface area contributed by atoms with E-state index in [-0.39, 0.29) is 16.7 Å². The van der Waals surface area contributed by atoms with E-state index in [9.17, 15) is 4.57 Å². The minimum absolute atomic E-state index is 0.163. The molecule has 0 bridgehead atoms. The average Bonchev–Trinajstić information content (AvgIpc) is 2.33. The molecule has 0 aromatic rings. The van der Waals surface area contributed by atoms with Crippen molar-refractivity contribution in [2.45, 2.75) is 59.3 Å². The van der Waals surface area contributed by atoms with Gasteiger partial charge in [-0.25, -0.2) is 0 Å². The minimum Gasteiger partial charge on any atom is -0.308 e. The monoisotopic (exact) mass is 289 g/mol. The van der Waals surface area contributed by atoms with Crippen LogP contribution in [0.1, 0.15) is 48.0 Å². The molecule has 112 valence electrons. The first kappa shape index (κ1) is 16.9. The second kappa shape index (κ2) is 6.09. The van der Waals surface area contributed by atoms with Gasteiger partial charge in [0.1, 0.15) is 5.78 Å². The zero-order valence-corrected chi connectivity index (χ0v) is 13.9. The van der Waals surface area contributed by atoms with Gasteiger partial charge < -0.3 is 9.05 Å². The molecular formula is C14H28NO3P. The highest BCUT2D eigenvalue weighted by atomic mass is 31.2. The molecule has 5 heteroatoms. The molecule has 19 heavy (non-hydrogen) atoms. The highest BCUT2D eigenvalue weighted by Gasteiger charge is 2.49. The van der Waals surface area contributed by atoms with Crippen molar-refractivity contribution >= 4 is 7.60 Å². The third kappa shape index (κ3) is 3.69. The lowest BCUT2D eigenvalue weighted by Gasteiger charge is -2.45. The summed E-state index contributed by atoms with van der Waals surface area (Å²) in [6.45, 7) is 12.8. The normalized spacial score (nSPS) is 30.5. The van der Waals surface area contributed by atoms with E-state index in [1.165, 1.54) is 0 Å². The number of nitrogens with one attached hydrogen (secondary N) is 1. The summed E-state index contributed by atoms with van der Waals surface area (Å²) < 4.78 is 24.1. The van der Waals surface area contributed by atoms with E-state index in [1.807, 2.05) is 13.8 Å². The predicted molar refractivity (Wildman–Crippen MR) is 79.4 cm³/mol. The molecule has 2 unspecified atom stereocenters. The van der Waals surface area contributed by atoms with Gasteiger partial charge in [-0.15, -0.1) is 0 Å². The third-order valence-corrected chi connectivity index (χ3v) is 6.38. The van der Waals surface area contributed by atoms with Crippen molar-refractivity contribution in [3.8, 4) is 0 Å². The summed E-state index contributed by atoms with van der Waals surface area (Å²) in [6, 6.07) is 0. The zero-order valence-electron chi connectivity index (χ0n) is 13.0. The smallest absolute Gasteiger partial charge is 0.308 e. The summed E-state index contributed by atoms with van der Waals surface area (Å²) in [6.07, 6.45) is 5.21. The van der Waals surface area contributed by atoms with E-state index in [1.54, 1.807) is 0 Å². The molecule has 0 radical (unpaired) electrons. The fraction of sp³-hybridized carbons (Fsp3) is 0.857. The minimum atomic E-state index is -3.17. The second-order valence-corrected chi connectivity index (χ2v) is 7.96. The molecule has 0 saturated carbocycles. The molecule has 2 atom stereocenters. The van der Waals surface area contributed by atoms with Crippen LogP contribution in [0.15, 0.2) is 12.2 Å². The third-order valence-electron chi connectivity index (χ3n) is 3.72. The van der Waals surface area contributed by atoms with Crippen LogP contribution < -0.4 is 5.32 Å². The highest BCUT2D eigenvalue weighted by Crippen LogP contribution is 2.59. The van der Waals surface area contributed by atoms with Crippen molar-refractivity contribution in [1.82, 2.24) is 5.32 Å². The van der Waals surface area contributed by atoms with Gasteiger partial charge in [0.05, 0.1) is 13.2 Å². The molecular weight excluding hydrogens is 261 g/mol. The molecule has 0 aromatic carbocycles. The van der Waals surface area contributed by atoms with Gasteiger partial charge in [0.2, 0.25) is 0 Å². The van der Waals surface area contributed by atoms with Crippen molar-refractivity contribution in [2.75, 3.05) is 13.2 Å². The van der Waals surface area contributed by atoms with Crippen molar-refractivity contribution in [3.05, 3.63) is 12.2 Å². The van der Waals surface area contributed by atoms with Crippen LogP contribution in [0.5, 0.6) is 0 Å². The lowest BCUT2D eigenvalue weighted by molar-refractivity contribution is 0.172. The number of hydrogen-bond acceptors (Lipinski definition) is 4. The number of rotatable bonds is 6. The maximum absolute atomic E-state index is 13.0. The van der Waals surface area contributed by atoms with Gasteiger partial charge in [0.25, 0.3) is 0 Å². The molecule has 0 spiro atoms. The second-order valence-electron chi connectivity index (χ2n) is 5.85. The maximum atomic E-state index is 13.0. The summed E-state index contributed by atoms with van der Waals surface area (Å²) >= 11 is 0. The zero-order chi connectivity index (χ0) is 14.7. The molecule has 1 heterocycles. The first-order valence-electron chi connectivity index (χ1n) is 7.10. The molecule has 0 saturated heterocycles. The van der Waals surface area contributed by atoms with Crippen molar-refractivity contribution in [1.29, 1.82) is 0 Å². The van der Waals surface area contributed by atoms with Crippen molar-refractivity contribution in [2.24, 2.45) is 5.41 Å². The van der Waals surface area contributed by atoms with Gasteiger partial charge >= 0.3 is 7.60 Å². The molecule has 1 aliphatic heterocycles. The first-order valence-corrected chi connectivity index (χ1v) is 8.71. The van der Waals surface area contributed by atoms with Crippen molar-refractivity contribution in [3.63, 3.8) is 0 Å². The highest BCUT2D eigenvalue weighted by molar-refractivity contribution is 7.54. The van der Waals surface area contributed by atoms with Crippen LogP contribution in [-0.4, -0.2) is 24.5 Å². The molecule has 1 rings (SSSR count). The molecule has 0 fully saturated rings. The van der Waals surface area contributed by atoms with Gasteiger partial charge in [-0.2, -0.15) is 0 Å². The van der Waals surface area contributed by atoms with Gasteiger partial charge in [0, 0.05) is 11.0 Å². The largest absolute Gasteiger partial charge is 0.348 e. The molecule has 0 aromatic heterocycles. The van der Waals surface area contributed by atoms with Gasteiger partial charge in [-0.05, 0) is 27.2 Å². The standard InChI is InChI=1S/C14H28NO3P/c1-7-14(6)11-10-13(4,5)12(15-14)19(16,17-8-2)18-9-3/h10-12,15H,7-9H2,1-6H3. The summed E-state index contributed by atoms with van der Waals surface area (Å²) in [4.78, 5) is 0. The van der Waals surface area contributed by atoms with Crippen LogP contribution in [0.25, 0.3) is 0 Å². The van der Waals surface area contributed by atoms with E-state index in [4.69, 9.17) is 9.05 Å². The molecule has 4 nitrogen and oxygen atoms in total. The lowest BCUT2D eigenvalue weighted by Crippen LogP contribution is -2.55. The van der Waals surface area contributed by atoms with Crippen LogP contribution in [0, 0.1) is 5.41 Å². The molecule has 0 amide bonds. The van der Waals surface area contributed by atoms with E-state index >= 15 is 0 Å². The van der Waals surface area contributed by atoms with Crippen LogP contribution in [-0.2, 0) is 13.6 Å². The Hall–Kier alpha value is -0.150. The van der Waals surface area contributed by atoms with Gasteiger partial charge in [-0.3, -0.25) is 9.88 Å². The summed E-state index contributed by atoms with van der Waals surface area (Å²) in [5.41, 5.74) is -0.432. The fourth-order valence-electron chi connectivity index (χ4n) is 2.29. The molecule has 1 N–H and O–H groups in total. The van der Waals surface area contributed by atoms with Crippen molar-refractivity contribution < 1.29 is 13.6 Å². The molecule has 1 aliphatic rings. The lowest BCUT2D eigenvalue weighted by atomic mass is 9.83. The predicted octanol–water partition coefficient (Wildman–Crippen LogP) is 3.93. The van der Waals surface area contributed by atoms with E-state index in [2.05, 4.69) is 45.2 Å². The van der Waals surface area contributed by atoms with E-state index in [0.717, 1.165) is 6.42 Å². The molecule has 0 aliphatic carbocycles. The Bertz CT molecular complexity index is 371. The summed E-state index contributed by atoms with van der Waals surface area (Å²) in [7, 11) is -3.17. The summed E-state index contributed by atoms with van der Waals surface area (Å²) in [5, 5.41) is 3.48.